The summed E-state index contributed by atoms with van der Waals surface area (Å²) < 4.78 is 14.3. The topological polar surface area (TPSA) is 75.6 Å². The van der Waals surface area contributed by atoms with Crippen molar-refractivity contribution >= 4 is 21.2 Å². The number of ether oxygens (including phenoxy) is 1. The molecule has 3 saturated heterocycles. The zero-order valence-electron chi connectivity index (χ0n) is 20.3. The lowest BCUT2D eigenvalue weighted by Gasteiger charge is -2.35. The second kappa shape index (κ2) is 10.5. The highest BCUT2D eigenvalue weighted by atomic mass is 28.3. The molecule has 0 spiro atoms. The number of aliphatic imine (C=N–C) groups is 1. The SMILES string of the molecule is C[SiH]1O/C(=N\C2CCN(C(=O)OC(C)(C)C)CC2)[C@@H]2CC[C@@H](NOCc3ccccc3)CN21. The van der Waals surface area contributed by atoms with Gasteiger partial charge in [-0.1, -0.05) is 30.3 Å². The van der Waals surface area contributed by atoms with Crippen molar-refractivity contribution in [2.24, 2.45) is 4.99 Å². The third kappa shape index (κ3) is 6.56. The van der Waals surface area contributed by atoms with Crippen molar-refractivity contribution in [2.45, 2.75) is 83.3 Å². The Morgan fingerprint density at radius 2 is 1.91 bits per heavy atom. The molecule has 1 aromatic carbocycles. The number of rotatable bonds is 5. The molecule has 0 aliphatic carbocycles. The molecule has 0 radical (unpaired) electrons. The molecule has 0 aromatic heterocycles. The lowest BCUT2D eigenvalue weighted by molar-refractivity contribution is -0.00977. The molecule has 3 atom stereocenters. The summed E-state index contributed by atoms with van der Waals surface area (Å²) in [5.74, 6) is 0.925. The first-order chi connectivity index (χ1) is 15.8. The van der Waals surface area contributed by atoms with Crippen LogP contribution in [0.2, 0.25) is 6.55 Å². The van der Waals surface area contributed by atoms with Gasteiger partial charge in [-0.25, -0.2) is 4.79 Å². The van der Waals surface area contributed by atoms with Crippen LogP contribution in [-0.2, 0) is 20.6 Å². The maximum atomic E-state index is 12.3. The number of hydroxylamine groups is 1. The van der Waals surface area contributed by atoms with Gasteiger partial charge < -0.3 is 14.1 Å². The van der Waals surface area contributed by atoms with E-state index in [9.17, 15) is 4.79 Å². The summed E-state index contributed by atoms with van der Waals surface area (Å²) in [4.78, 5) is 24.9. The molecular weight excluding hydrogens is 436 g/mol. The number of hydrogen-bond acceptors (Lipinski definition) is 7. The molecule has 1 amide bonds. The van der Waals surface area contributed by atoms with Gasteiger partial charge in [0.05, 0.1) is 18.7 Å². The van der Waals surface area contributed by atoms with Crippen LogP contribution in [0.5, 0.6) is 0 Å². The van der Waals surface area contributed by atoms with Gasteiger partial charge in [-0.15, -0.1) is 0 Å². The summed E-state index contributed by atoms with van der Waals surface area (Å²) in [5.41, 5.74) is 3.97. The summed E-state index contributed by atoms with van der Waals surface area (Å²) in [7, 11) is -1.48. The zero-order valence-corrected chi connectivity index (χ0v) is 21.5. The lowest BCUT2D eigenvalue weighted by Crippen LogP contribution is -2.52. The number of fused-ring (bicyclic) bond motifs is 1. The Balaban J connectivity index is 1.25. The van der Waals surface area contributed by atoms with E-state index in [1.165, 1.54) is 0 Å². The molecule has 182 valence electrons. The Labute approximate surface area is 199 Å². The summed E-state index contributed by atoms with van der Waals surface area (Å²) >= 11 is 0. The Morgan fingerprint density at radius 1 is 1.18 bits per heavy atom. The summed E-state index contributed by atoms with van der Waals surface area (Å²) in [6.45, 7) is 10.8. The Hall–Kier alpha value is -1.94. The minimum atomic E-state index is -1.48. The molecule has 1 unspecified atom stereocenters. The fourth-order valence-electron chi connectivity index (χ4n) is 4.70. The van der Waals surface area contributed by atoms with Crippen LogP contribution >= 0.6 is 0 Å². The molecule has 4 rings (SSSR count). The van der Waals surface area contributed by atoms with E-state index in [0.29, 0.717) is 31.8 Å². The number of piperidine rings is 2. The quantitative estimate of drug-likeness (QED) is 0.522. The monoisotopic (exact) mass is 474 g/mol. The van der Waals surface area contributed by atoms with E-state index in [4.69, 9.17) is 19.0 Å². The van der Waals surface area contributed by atoms with E-state index in [1.54, 1.807) is 4.90 Å². The highest BCUT2D eigenvalue weighted by molar-refractivity contribution is 6.52. The fourth-order valence-corrected chi connectivity index (χ4v) is 6.74. The fraction of sp³-hybridized carbons (Fsp3) is 0.667. The van der Waals surface area contributed by atoms with E-state index in [1.807, 2.05) is 39.0 Å². The number of hydrogen-bond donors (Lipinski definition) is 1. The number of likely N-dealkylation sites (tertiary alicyclic amines) is 1. The molecule has 9 heteroatoms. The van der Waals surface area contributed by atoms with Crippen molar-refractivity contribution in [2.75, 3.05) is 19.6 Å². The number of amides is 1. The first-order valence-electron chi connectivity index (χ1n) is 12.2. The van der Waals surface area contributed by atoms with E-state index < -0.39 is 14.8 Å². The molecule has 1 aromatic rings. The van der Waals surface area contributed by atoms with Crippen molar-refractivity contribution in [1.29, 1.82) is 0 Å². The zero-order chi connectivity index (χ0) is 23.4. The smallest absolute Gasteiger partial charge is 0.410 e. The summed E-state index contributed by atoms with van der Waals surface area (Å²) in [6, 6.07) is 11.0. The molecule has 0 saturated carbocycles. The molecule has 3 aliphatic heterocycles. The minimum absolute atomic E-state index is 0.213. The van der Waals surface area contributed by atoms with Gasteiger partial charge in [0.25, 0.3) is 0 Å². The first-order valence-corrected chi connectivity index (χ1v) is 14.3. The number of benzene rings is 1. The van der Waals surface area contributed by atoms with Crippen LogP contribution in [0.4, 0.5) is 4.79 Å². The van der Waals surface area contributed by atoms with Gasteiger partial charge in [0.15, 0.2) is 5.90 Å². The van der Waals surface area contributed by atoms with Gasteiger partial charge in [0, 0.05) is 25.7 Å². The molecule has 33 heavy (non-hydrogen) atoms. The third-order valence-electron chi connectivity index (χ3n) is 6.42. The minimum Gasteiger partial charge on any atom is -0.521 e. The van der Waals surface area contributed by atoms with Gasteiger partial charge in [-0.05, 0) is 58.6 Å². The molecule has 1 N–H and O–H groups in total. The molecule has 3 aliphatic rings. The second-order valence-corrected chi connectivity index (χ2v) is 12.4. The number of nitrogens with one attached hydrogen (secondary N) is 1. The van der Waals surface area contributed by atoms with E-state index in [0.717, 1.165) is 43.7 Å². The Kier molecular flexibility index (Phi) is 7.73. The average molecular weight is 475 g/mol. The van der Waals surface area contributed by atoms with Gasteiger partial charge in [0.1, 0.15) is 5.60 Å². The van der Waals surface area contributed by atoms with Crippen molar-refractivity contribution < 1.29 is 18.8 Å². The average Bonchev–Trinajstić information content (AvgIpc) is 3.08. The standard InChI is InChI=1S/C24H38N4O4Si/c1-24(2,3)31-23(29)27-14-12-19(13-15-27)25-22-21-11-10-20(16-28(21)33(4)32-22)26-30-17-18-8-6-5-7-9-18/h5-9,19-21,26,33H,10-17H2,1-4H3/b25-22-/t20-,21+,33?/m1/s1. The van der Waals surface area contributed by atoms with Crippen molar-refractivity contribution in [3.63, 3.8) is 0 Å². The normalized spacial score (nSPS) is 27.9. The highest BCUT2D eigenvalue weighted by Gasteiger charge is 2.43. The first kappa shape index (κ1) is 24.2. The summed E-state index contributed by atoms with van der Waals surface area (Å²) in [5, 5.41) is 0. The van der Waals surface area contributed by atoms with Gasteiger partial charge in [-0.3, -0.25) is 14.4 Å². The predicted octanol–water partition coefficient (Wildman–Crippen LogP) is 3.22. The van der Waals surface area contributed by atoms with E-state index in [-0.39, 0.29) is 12.1 Å². The van der Waals surface area contributed by atoms with Crippen LogP contribution in [0.25, 0.3) is 0 Å². The molecule has 0 bridgehead atoms. The van der Waals surface area contributed by atoms with Crippen LogP contribution in [0.15, 0.2) is 35.3 Å². The number of carbonyl (C=O) groups is 1. The Morgan fingerprint density at radius 3 is 2.61 bits per heavy atom. The Bertz CT molecular complexity index is 824. The third-order valence-corrected chi connectivity index (χ3v) is 8.51. The molecule has 3 fully saturated rings. The predicted molar refractivity (Wildman–Crippen MR) is 130 cm³/mol. The van der Waals surface area contributed by atoms with E-state index >= 15 is 0 Å². The lowest BCUT2D eigenvalue weighted by atomic mass is 10.0. The van der Waals surface area contributed by atoms with Crippen LogP contribution in [0, 0.1) is 0 Å². The van der Waals surface area contributed by atoms with Gasteiger partial charge in [0.2, 0.25) is 0 Å². The second-order valence-electron chi connectivity index (χ2n) is 10.3. The van der Waals surface area contributed by atoms with Crippen molar-refractivity contribution in [3.05, 3.63) is 35.9 Å². The molecular formula is C24H38N4O4Si. The van der Waals surface area contributed by atoms with Crippen molar-refractivity contribution in [3.8, 4) is 0 Å². The maximum absolute atomic E-state index is 12.3. The number of carbonyl (C=O) groups excluding carboxylic acids is 1. The van der Waals surface area contributed by atoms with E-state index in [2.05, 4.69) is 28.7 Å². The van der Waals surface area contributed by atoms with Crippen LogP contribution < -0.4 is 5.48 Å². The maximum Gasteiger partial charge on any atom is 0.410 e. The van der Waals surface area contributed by atoms with Crippen LogP contribution in [0.1, 0.15) is 52.0 Å². The summed E-state index contributed by atoms with van der Waals surface area (Å²) in [6.07, 6.45) is 3.55. The molecule has 3 heterocycles. The highest BCUT2D eigenvalue weighted by Crippen LogP contribution is 2.28. The van der Waals surface area contributed by atoms with Crippen molar-refractivity contribution in [1.82, 2.24) is 14.9 Å². The largest absolute Gasteiger partial charge is 0.521 e. The van der Waals surface area contributed by atoms with Crippen LogP contribution in [-0.4, -0.2) is 74.0 Å². The van der Waals surface area contributed by atoms with Gasteiger partial charge in [-0.2, -0.15) is 5.48 Å². The molecule has 8 nitrogen and oxygen atoms in total. The van der Waals surface area contributed by atoms with Gasteiger partial charge >= 0.3 is 15.3 Å². The van der Waals surface area contributed by atoms with Crippen LogP contribution in [0.3, 0.4) is 0 Å². The number of nitrogens with zero attached hydrogens (tertiary/aromatic N) is 3.